The molecule has 0 amide bonds. The number of piperazine rings is 1. The second kappa shape index (κ2) is 5.37. The van der Waals surface area contributed by atoms with E-state index in [2.05, 4.69) is 29.7 Å². The predicted octanol–water partition coefficient (Wildman–Crippen LogP) is 2.68. The molecule has 1 saturated heterocycles. The lowest BCUT2D eigenvalue weighted by molar-refractivity contribution is 0.271. The molecule has 0 radical (unpaired) electrons. The van der Waals surface area contributed by atoms with Crippen LogP contribution in [0.1, 0.15) is 18.1 Å². The lowest BCUT2D eigenvalue weighted by Gasteiger charge is -2.36. The highest BCUT2D eigenvalue weighted by Crippen LogP contribution is 2.34. The molecule has 0 spiro atoms. The lowest BCUT2D eigenvalue weighted by atomic mass is 10.1. The van der Waals surface area contributed by atoms with Crippen LogP contribution in [0, 0.1) is 13.8 Å². The minimum Gasteiger partial charge on any atom is -0.397 e. The van der Waals surface area contributed by atoms with Crippen molar-refractivity contribution in [3.63, 3.8) is 0 Å². The van der Waals surface area contributed by atoms with Gasteiger partial charge in [-0.05, 0) is 37.6 Å². The van der Waals surface area contributed by atoms with Crippen molar-refractivity contribution >= 4 is 23.0 Å². The molecular formula is C14H22ClN3. The Bertz CT molecular complexity index is 437. The van der Waals surface area contributed by atoms with Crippen LogP contribution in [-0.4, -0.2) is 37.6 Å². The van der Waals surface area contributed by atoms with Crippen molar-refractivity contribution in [3.05, 3.63) is 22.2 Å². The van der Waals surface area contributed by atoms with Gasteiger partial charge in [0.1, 0.15) is 0 Å². The molecular weight excluding hydrogens is 246 g/mol. The van der Waals surface area contributed by atoms with Gasteiger partial charge in [0.2, 0.25) is 0 Å². The Kier molecular flexibility index (Phi) is 4.03. The first kappa shape index (κ1) is 13.5. The van der Waals surface area contributed by atoms with Crippen LogP contribution < -0.4 is 10.6 Å². The molecule has 0 unspecified atom stereocenters. The van der Waals surface area contributed by atoms with Crippen LogP contribution in [-0.2, 0) is 0 Å². The highest BCUT2D eigenvalue weighted by molar-refractivity contribution is 6.34. The summed E-state index contributed by atoms with van der Waals surface area (Å²) in [5.74, 6) is 0. The summed E-state index contributed by atoms with van der Waals surface area (Å²) in [5.41, 5.74) is 10.1. The van der Waals surface area contributed by atoms with Crippen molar-refractivity contribution in [3.8, 4) is 0 Å². The maximum Gasteiger partial charge on any atom is 0.0687 e. The number of hydrogen-bond acceptors (Lipinski definition) is 3. The van der Waals surface area contributed by atoms with E-state index in [0.29, 0.717) is 10.7 Å². The molecule has 1 aromatic rings. The predicted molar refractivity (Wildman–Crippen MR) is 79.7 cm³/mol. The van der Waals surface area contributed by atoms with Crippen molar-refractivity contribution in [1.29, 1.82) is 0 Å². The number of nitrogens with zero attached hydrogens (tertiary/aromatic N) is 2. The number of rotatable bonds is 2. The van der Waals surface area contributed by atoms with Crippen molar-refractivity contribution in [1.82, 2.24) is 4.90 Å². The maximum atomic E-state index is 6.30. The Balaban J connectivity index is 2.24. The Morgan fingerprint density at radius 3 is 2.39 bits per heavy atom. The Labute approximate surface area is 115 Å². The molecule has 0 saturated carbocycles. The molecule has 1 aliphatic rings. The monoisotopic (exact) mass is 267 g/mol. The molecule has 0 atom stereocenters. The van der Waals surface area contributed by atoms with E-state index in [0.717, 1.165) is 43.9 Å². The average molecular weight is 268 g/mol. The fourth-order valence-electron chi connectivity index (χ4n) is 2.51. The first-order valence-electron chi connectivity index (χ1n) is 6.57. The zero-order valence-electron chi connectivity index (χ0n) is 11.5. The molecule has 3 nitrogen and oxygen atoms in total. The molecule has 0 aromatic heterocycles. The molecule has 1 aromatic carbocycles. The SMILES string of the molecule is CCN1CCN(c2cc(C)c(N)c(Cl)c2C)CC1. The minimum absolute atomic E-state index is 0.711. The van der Waals surface area contributed by atoms with Crippen molar-refractivity contribution < 1.29 is 0 Å². The summed E-state index contributed by atoms with van der Waals surface area (Å²) in [5, 5.41) is 0.711. The zero-order valence-corrected chi connectivity index (χ0v) is 12.2. The Morgan fingerprint density at radius 2 is 1.83 bits per heavy atom. The number of nitrogen functional groups attached to an aromatic ring is 1. The van der Waals surface area contributed by atoms with Gasteiger partial charge in [-0.1, -0.05) is 18.5 Å². The smallest absolute Gasteiger partial charge is 0.0687 e. The van der Waals surface area contributed by atoms with E-state index in [9.17, 15) is 0 Å². The van der Waals surface area contributed by atoms with Gasteiger partial charge in [0.15, 0.2) is 0 Å². The zero-order chi connectivity index (χ0) is 13.3. The summed E-state index contributed by atoms with van der Waals surface area (Å²) in [6, 6.07) is 2.16. The maximum absolute atomic E-state index is 6.30. The van der Waals surface area contributed by atoms with Crippen LogP contribution in [0.4, 0.5) is 11.4 Å². The third-order valence-electron chi connectivity index (χ3n) is 3.89. The molecule has 0 aliphatic carbocycles. The number of nitrogens with two attached hydrogens (primary N) is 1. The summed E-state index contributed by atoms with van der Waals surface area (Å²) in [6.45, 7) is 11.8. The Morgan fingerprint density at radius 1 is 1.22 bits per heavy atom. The quantitative estimate of drug-likeness (QED) is 0.837. The first-order valence-corrected chi connectivity index (χ1v) is 6.94. The van der Waals surface area contributed by atoms with Crippen molar-refractivity contribution in [2.75, 3.05) is 43.4 Å². The van der Waals surface area contributed by atoms with Gasteiger partial charge in [-0.3, -0.25) is 0 Å². The van der Waals surface area contributed by atoms with Gasteiger partial charge < -0.3 is 15.5 Å². The second-order valence-corrected chi connectivity index (χ2v) is 5.36. The van der Waals surface area contributed by atoms with Gasteiger partial charge in [-0.2, -0.15) is 0 Å². The third-order valence-corrected chi connectivity index (χ3v) is 4.38. The highest BCUT2D eigenvalue weighted by atomic mass is 35.5. The van der Waals surface area contributed by atoms with Crippen LogP contribution in [0.5, 0.6) is 0 Å². The van der Waals surface area contributed by atoms with Gasteiger partial charge in [0, 0.05) is 31.9 Å². The largest absolute Gasteiger partial charge is 0.397 e. The van der Waals surface area contributed by atoms with Crippen LogP contribution in [0.25, 0.3) is 0 Å². The van der Waals surface area contributed by atoms with E-state index in [1.54, 1.807) is 0 Å². The molecule has 18 heavy (non-hydrogen) atoms. The van der Waals surface area contributed by atoms with Crippen LogP contribution in [0.3, 0.4) is 0 Å². The van der Waals surface area contributed by atoms with Gasteiger partial charge in [0.25, 0.3) is 0 Å². The standard InChI is InChI=1S/C14H22ClN3/c1-4-17-5-7-18(8-6-17)12-9-10(2)14(16)13(15)11(12)3/h9H,4-8,16H2,1-3H3. The topological polar surface area (TPSA) is 32.5 Å². The highest BCUT2D eigenvalue weighted by Gasteiger charge is 2.19. The van der Waals surface area contributed by atoms with Crippen LogP contribution >= 0.6 is 11.6 Å². The summed E-state index contributed by atoms with van der Waals surface area (Å²) in [6.07, 6.45) is 0. The fourth-order valence-corrected chi connectivity index (χ4v) is 2.76. The van der Waals surface area contributed by atoms with E-state index < -0.39 is 0 Å². The van der Waals surface area contributed by atoms with Gasteiger partial charge in [-0.15, -0.1) is 0 Å². The summed E-state index contributed by atoms with van der Waals surface area (Å²) < 4.78 is 0. The van der Waals surface area contributed by atoms with Crippen molar-refractivity contribution in [2.24, 2.45) is 0 Å². The number of hydrogen-bond donors (Lipinski definition) is 1. The molecule has 2 rings (SSSR count). The Hall–Kier alpha value is -0.930. The lowest BCUT2D eigenvalue weighted by Crippen LogP contribution is -2.46. The van der Waals surface area contributed by atoms with E-state index in [-0.39, 0.29) is 0 Å². The van der Waals surface area contributed by atoms with E-state index in [1.165, 1.54) is 5.69 Å². The molecule has 1 fully saturated rings. The number of aryl methyl sites for hydroxylation is 1. The molecule has 4 heteroatoms. The van der Waals surface area contributed by atoms with Gasteiger partial charge in [-0.25, -0.2) is 0 Å². The summed E-state index contributed by atoms with van der Waals surface area (Å²) in [4.78, 5) is 4.89. The number of halogens is 1. The van der Waals surface area contributed by atoms with E-state index in [4.69, 9.17) is 17.3 Å². The average Bonchev–Trinajstić information content (AvgIpc) is 2.41. The third kappa shape index (κ3) is 2.43. The molecule has 100 valence electrons. The minimum atomic E-state index is 0.711. The van der Waals surface area contributed by atoms with E-state index >= 15 is 0 Å². The van der Waals surface area contributed by atoms with Crippen molar-refractivity contribution in [2.45, 2.75) is 20.8 Å². The number of likely N-dealkylation sites (N-methyl/N-ethyl adjacent to an activating group) is 1. The van der Waals surface area contributed by atoms with E-state index in [1.807, 2.05) is 6.92 Å². The summed E-state index contributed by atoms with van der Waals surface area (Å²) in [7, 11) is 0. The van der Waals surface area contributed by atoms with Crippen LogP contribution in [0.2, 0.25) is 5.02 Å². The molecule has 0 bridgehead atoms. The second-order valence-electron chi connectivity index (χ2n) is 4.99. The van der Waals surface area contributed by atoms with Gasteiger partial charge in [0.05, 0.1) is 10.7 Å². The fraction of sp³-hybridized carbons (Fsp3) is 0.571. The van der Waals surface area contributed by atoms with Crippen LogP contribution in [0.15, 0.2) is 6.07 Å². The first-order chi connectivity index (χ1) is 8.54. The van der Waals surface area contributed by atoms with Gasteiger partial charge >= 0.3 is 0 Å². The molecule has 2 N–H and O–H groups in total. The summed E-state index contributed by atoms with van der Waals surface area (Å²) >= 11 is 6.30. The molecule has 1 aliphatic heterocycles. The molecule has 1 heterocycles. The number of benzene rings is 1. The normalized spacial score (nSPS) is 17.2. The number of anilines is 2.